The van der Waals surface area contributed by atoms with Crippen LogP contribution >= 0.6 is 0 Å². The van der Waals surface area contributed by atoms with Gasteiger partial charge in [-0.15, -0.1) is 0 Å². The minimum absolute atomic E-state index is 0.0229. The fourth-order valence-corrected chi connectivity index (χ4v) is 2.28. The second-order valence-corrected chi connectivity index (χ2v) is 4.82. The Balaban J connectivity index is 1.86. The monoisotopic (exact) mass is 312 g/mol. The molecule has 0 spiro atoms. The van der Waals surface area contributed by atoms with Gasteiger partial charge in [-0.2, -0.15) is 0 Å². The van der Waals surface area contributed by atoms with E-state index in [1.807, 2.05) is 0 Å². The number of aromatic carboxylic acids is 1. The molecule has 116 valence electrons. The van der Waals surface area contributed by atoms with Crippen molar-refractivity contribution < 1.29 is 19.1 Å². The maximum atomic E-state index is 12.1. The van der Waals surface area contributed by atoms with E-state index >= 15 is 0 Å². The number of para-hydroxylation sites is 3. The number of carboxylic acids is 1. The summed E-state index contributed by atoms with van der Waals surface area (Å²) in [5.74, 6) is -2.31. The van der Waals surface area contributed by atoms with Gasteiger partial charge in [0.25, 0.3) is 0 Å². The normalized spacial score (nSPS) is 10.6. The number of carboxylic acid groups (broad SMARTS) is 1. The average Bonchev–Trinajstić information content (AvgIpc) is 2.83. The van der Waals surface area contributed by atoms with Crippen molar-refractivity contribution in [3.63, 3.8) is 0 Å². The molecule has 2 aromatic carbocycles. The van der Waals surface area contributed by atoms with Crippen molar-refractivity contribution in [2.75, 3.05) is 5.32 Å². The van der Waals surface area contributed by atoms with Gasteiger partial charge in [0.15, 0.2) is 5.58 Å². The molecule has 0 saturated heterocycles. The molecule has 0 aliphatic carbocycles. The minimum atomic E-state index is -1.15. The van der Waals surface area contributed by atoms with Gasteiger partial charge >= 0.3 is 11.7 Å². The quantitative estimate of drug-likeness (QED) is 0.766. The molecule has 1 amide bonds. The van der Waals surface area contributed by atoms with E-state index in [1.54, 1.807) is 36.4 Å². The number of carbonyl (C=O) groups is 2. The third kappa shape index (κ3) is 2.84. The number of oxazole rings is 1. The molecular formula is C16H12N2O5. The Morgan fingerprint density at radius 1 is 1.09 bits per heavy atom. The zero-order chi connectivity index (χ0) is 16.4. The van der Waals surface area contributed by atoms with Gasteiger partial charge < -0.3 is 14.8 Å². The van der Waals surface area contributed by atoms with Gasteiger partial charge in [-0.25, -0.2) is 9.59 Å². The van der Waals surface area contributed by atoms with Gasteiger partial charge in [0.05, 0.1) is 16.8 Å². The van der Waals surface area contributed by atoms with Crippen LogP contribution in [-0.2, 0) is 11.3 Å². The Morgan fingerprint density at radius 3 is 2.57 bits per heavy atom. The molecule has 0 fully saturated rings. The molecule has 3 aromatic rings. The number of benzene rings is 2. The van der Waals surface area contributed by atoms with E-state index in [0.29, 0.717) is 11.1 Å². The lowest BCUT2D eigenvalue weighted by Crippen LogP contribution is -2.25. The molecule has 1 heterocycles. The zero-order valence-electron chi connectivity index (χ0n) is 11.9. The van der Waals surface area contributed by atoms with Crippen LogP contribution in [0.25, 0.3) is 11.1 Å². The lowest BCUT2D eigenvalue weighted by Gasteiger charge is -2.08. The summed E-state index contributed by atoms with van der Waals surface area (Å²) >= 11 is 0. The third-order valence-electron chi connectivity index (χ3n) is 3.31. The van der Waals surface area contributed by atoms with Gasteiger partial charge in [0.2, 0.25) is 5.91 Å². The molecule has 0 aliphatic heterocycles. The Kier molecular flexibility index (Phi) is 3.68. The Bertz CT molecular complexity index is 954. The number of rotatable bonds is 4. The number of nitrogens with zero attached hydrogens (tertiary/aromatic N) is 1. The first-order valence-corrected chi connectivity index (χ1v) is 6.77. The average molecular weight is 312 g/mol. The second-order valence-electron chi connectivity index (χ2n) is 4.82. The highest BCUT2D eigenvalue weighted by Gasteiger charge is 2.15. The van der Waals surface area contributed by atoms with E-state index in [4.69, 9.17) is 9.52 Å². The van der Waals surface area contributed by atoms with E-state index in [-0.39, 0.29) is 17.8 Å². The summed E-state index contributed by atoms with van der Waals surface area (Å²) in [6.07, 6.45) is 0. The molecule has 0 radical (unpaired) electrons. The van der Waals surface area contributed by atoms with Crippen LogP contribution < -0.4 is 11.1 Å². The van der Waals surface area contributed by atoms with E-state index in [1.165, 1.54) is 16.7 Å². The van der Waals surface area contributed by atoms with Crippen LogP contribution in [0.2, 0.25) is 0 Å². The van der Waals surface area contributed by atoms with Crippen molar-refractivity contribution in [3.05, 3.63) is 64.6 Å². The number of aromatic nitrogens is 1. The molecule has 0 saturated carbocycles. The van der Waals surface area contributed by atoms with E-state index < -0.39 is 17.6 Å². The number of carbonyl (C=O) groups excluding carboxylic acids is 1. The molecule has 1 aromatic heterocycles. The zero-order valence-corrected chi connectivity index (χ0v) is 11.9. The first-order valence-electron chi connectivity index (χ1n) is 6.77. The summed E-state index contributed by atoms with van der Waals surface area (Å²) in [6.45, 7) is -0.274. The van der Waals surface area contributed by atoms with Crippen LogP contribution in [0, 0.1) is 0 Å². The van der Waals surface area contributed by atoms with Gasteiger partial charge in [0, 0.05) is 0 Å². The maximum absolute atomic E-state index is 12.1. The second kappa shape index (κ2) is 5.80. The van der Waals surface area contributed by atoms with Crippen molar-refractivity contribution in [1.29, 1.82) is 0 Å². The summed E-state index contributed by atoms with van der Waals surface area (Å²) in [6, 6.07) is 12.8. The van der Waals surface area contributed by atoms with E-state index in [9.17, 15) is 14.4 Å². The highest BCUT2D eigenvalue weighted by Crippen LogP contribution is 2.16. The van der Waals surface area contributed by atoms with Crippen LogP contribution in [0.15, 0.2) is 57.7 Å². The van der Waals surface area contributed by atoms with E-state index in [2.05, 4.69) is 5.32 Å². The Hall–Kier alpha value is -3.35. The van der Waals surface area contributed by atoms with Crippen molar-refractivity contribution in [2.24, 2.45) is 0 Å². The number of amides is 1. The first kappa shape index (κ1) is 14.6. The highest BCUT2D eigenvalue weighted by molar-refractivity contribution is 6.00. The van der Waals surface area contributed by atoms with Gasteiger partial charge in [-0.05, 0) is 24.3 Å². The van der Waals surface area contributed by atoms with Crippen LogP contribution in [0.4, 0.5) is 5.69 Å². The molecule has 0 bridgehead atoms. The Labute approximate surface area is 129 Å². The van der Waals surface area contributed by atoms with Crippen molar-refractivity contribution in [3.8, 4) is 0 Å². The van der Waals surface area contributed by atoms with Gasteiger partial charge in [0.1, 0.15) is 6.54 Å². The molecule has 7 nitrogen and oxygen atoms in total. The number of hydrogen-bond donors (Lipinski definition) is 2. The molecule has 0 unspecified atom stereocenters. The van der Waals surface area contributed by atoms with Crippen LogP contribution in [0.1, 0.15) is 10.4 Å². The topological polar surface area (TPSA) is 102 Å². The van der Waals surface area contributed by atoms with Crippen LogP contribution in [0.3, 0.4) is 0 Å². The molecule has 0 aliphatic rings. The molecule has 7 heteroatoms. The number of hydrogen-bond acceptors (Lipinski definition) is 4. The first-order chi connectivity index (χ1) is 11.1. The van der Waals surface area contributed by atoms with Crippen LogP contribution in [0.5, 0.6) is 0 Å². The van der Waals surface area contributed by atoms with Crippen molar-refractivity contribution >= 4 is 28.7 Å². The standard InChI is InChI=1S/C16H12N2O5/c19-14(17-11-6-2-1-5-10(11)15(20)21)9-18-12-7-3-4-8-13(12)23-16(18)22/h1-8H,9H2,(H,17,19)(H,20,21). The predicted molar refractivity (Wildman–Crippen MR) is 82.5 cm³/mol. The smallest absolute Gasteiger partial charge is 0.420 e. The fourth-order valence-electron chi connectivity index (χ4n) is 2.28. The summed E-state index contributed by atoms with van der Waals surface area (Å²) in [7, 11) is 0. The molecule has 23 heavy (non-hydrogen) atoms. The summed E-state index contributed by atoms with van der Waals surface area (Å²) < 4.78 is 6.23. The largest absolute Gasteiger partial charge is 0.478 e. The number of anilines is 1. The SMILES string of the molecule is O=C(Cn1c(=O)oc2ccccc21)Nc1ccccc1C(=O)O. The maximum Gasteiger partial charge on any atom is 0.420 e. The molecule has 3 rings (SSSR count). The van der Waals surface area contributed by atoms with Crippen molar-refractivity contribution in [1.82, 2.24) is 4.57 Å². The Morgan fingerprint density at radius 2 is 1.78 bits per heavy atom. The van der Waals surface area contributed by atoms with E-state index in [0.717, 1.165) is 0 Å². The molecular weight excluding hydrogens is 300 g/mol. The van der Waals surface area contributed by atoms with Gasteiger partial charge in [-0.3, -0.25) is 9.36 Å². The fraction of sp³-hybridized carbons (Fsp3) is 0.0625. The van der Waals surface area contributed by atoms with Crippen LogP contribution in [-0.4, -0.2) is 21.6 Å². The summed E-state index contributed by atoms with van der Waals surface area (Å²) in [5.41, 5.74) is 1.03. The van der Waals surface area contributed by atoms with Gasteiger partial charge in [-0.1, -0.05) is 24.3 Å². The summed E-state index contributed by atoms with van der Waals surface area (Å²) in [4.78, 5) is 35.1. The predicted octanol–water partition coefficient (Wildman–Crippen LogP) is 1.93. The lowest BCUT2D eigenvalue weighted by molar-refractivity contribution is -0.116. The van der Waals surface area contributed by atoms with Crippen molar-refractivity contribution in [2.45, 2.75) is 6.54 Å². The third-order valence-corrected chi connectivity index (χ3v) is 3.31. The summed E-state index contributed by atoms with van der Waals surface area (Å²) in [5, 5.41) is 11.6. The minimum Gasteiger partial charge on any atom is -0.478 e. The number of fused-ring (bicyclic) bond motifs is 1. The highest BCUT2D eigenvalue weighted by atomic mass is 16.4. The molecule has 2 N–H and O–H groups in total. The number of nitrogens with one attached hydrogen (secondary N) is 1. The molecule has 0 atom stereocenters. The lowest BCUT2D eigenvalue weighted by atomic mass is 10.2.